The Morgan fingerprint density at radius 1 is 1.32 bits per heavy atom. The van der Waals surface area contributed by atoms with Gasteiger partial charge in [-0.1, -0.05) is 25.4 Å². The highest BCUT2D eigenvalue weighted by Gasteiger charge is 2.24. The molecule has 19 heavy (non-hydrogen) atoms. The van der Waals surface area contributed by atoms with E-state index in [0.717, 1.165) is 12.8 Å². The molecule has 7 heteroatoms. The number of nitrogens with zero attached hydrogens (tertiary/aromatic N) is 2. The van der Waals surface area contributed by atoms with Gasteiger partial charge in [0.15, 0.2) is 0 Å². The minimum atomic E-state index is -3.51. The van der Waals surface area contributed by atoms with Crippen molar-refractivity contribution in [1.82, 2.24) is 9.29 Å². The Morgan fingerprint density at radius 3 is 2.32 bits per heavy atom. The first-order valence-corrected chi connectivity index (χ1v) is 8.12. The van der Waals surface area contributed by atoms with Gasteiger partial charge in [0, 0.05) is 26.3 Å². The van der Waals surface area contributed by atoms with E-state index in [0.29, 0.717) is 23.9 Å². The van der Waals surface area contributed by atoms with Crippen LogP contribution in [-0.4, -0.2) is 37.8 Å². The van der Waals surface area contributed by atoms with Gasteiger partial charge in [-0.05, 0) is 18.9 Å². The van der Waals surface area contributed by atoms with Gasteiger partial charge in [-0.15, -0.1) is 0 Å². The molecular weight excluding hydrogens is 286 g/mol. The average Bonchev–Trinajstić information content (AvgIpc) is 2.38. The first-order valence-electron chi connectivity index (χ1n) is 6.30. The monoisotopic (exact) mass is 305 g/mol. The Kier molecular flexibility index (Phi) is 6.03. The summed E-state index contributed by atoms with van der Waals surface area (Å²) < 4.78 is 26.4. The van der Waals surface area contributed by atoms with Crippen molar-refractivity contribution in [1.29, 1.82) is 0 Å². The maximum atomic E-state index is 12.5. The molecule has 0 bridgehead atoms. The van der Waals surface area contributed by atoms with Crippen molar-refractivity contribution in [3.05, 3.63) is 17.3 Å². The zero-order chi connectivity index (χ0) is 14.5. The second kappa shape index (κ2) is 7.07. The first-order chi connectivity index (χ1) is 8.97. The van der Waals surface area contributed by atoms with Crippen LogP contribution in [-0.2, 0) is 10.0 Å². The molecule has 1 rings (SSSR count). The van der Waals surface area contributed by atoms with E-state index in [-0.39, 0.29) is 4.90 Å². The lowest BCUT2D eigenvalue weighted by atomic mass is 10.4. The minimum Gasteiger partial charge on any atom is -0.372 e. The maximum Gasteiger partial charge on any atom is 0.244 e. The fraction of sp³-hybridized carbons (Fsp3) is 0.583. The number of pyridine rings is 1. The summed E-state index contributed by atoms with van der Waals surface area (Å²) in [6, 6.07) is 1.44. The molecule has 0 radical (unpaired) electrons. The molecule has 0 aromatic carbocycles. The van der Waals surface area contributed by atoms with Crippen LogP contribution in [0.1, 0.15) is 26.7 Å². The molecule has 0 aliphatic rings. The third-order valence-corrected chi connectivity index (χ3v) is 4.79. The van der Waals surface area contributed by atoms with Crippen molar-refractivity contribution in [3.8, 4) is 0 Å². The lowest BCUT2D eigenvalue weighted by Gasteiger charge is -2.21. The van der Waals surface area contributed by atoms with E-state index in [2.05, 4.69) is 10.3 Å². The molecular formula is C12H20ClN3O2S. The third kappa shape index (κ3) is 3.81. The quantitative estimate of drug-likeness (QED) is 0.841. The Labute approximate surface area is 120 Å². The lowest BCUT2D eigenvalue weighted by Crippen LogP contribution is -2.32. The van der Waals surface area contributed by atoms with Gasteiger partial charge >= 0.3 is 0 Å². The molecule has 0 atom stereocenters. The zero-order valence-electron chi connectivity index (χ0n) is 11.5. The van der Waals surface area contributed by atoms with Gasteiger partial charge in [0.25, 0.3) is 0 Å². The van der Waals surface area contributed by atoms with Crippen molar-refractivity contribution >= 4 is 27.4 Å². The van der Waals surface area contributed by atoms with E-state index < -0.39 is 10.0 Å². The zero-order valence-corrected chi connectivity index (χ0v) is 13.1. The maximum absolute atomic E-state index is 12.5. The molecule has 1 aromatic heterocycles. The number of rotatable bonds is 7. The van der Waals surface area contributed by atoms with Crippen molar-refractivity contribution in [2.45, 2.75) is 31.6 Å². The molecule has 108 valence electrons. The fourth-order valence-electron chi connectivity index (χ4n) is 1.75. The van der Waals surface area contributed by atoms with Gasteiger partial charge < -0.3 is 5.32 Å². The van der Waals surface area contributed by atoms with Gasteiger partial charge in [-0.2, -0.15) is 4.31 Å². The number of aromatic nitrogens is 1. The predicted octanol–water partition coefficient (Wildman–Crippen LogP) is 2.59. The fourth-order valence-corrected chi connectivity index (χ4v) is 3.67. The Balaban J connectivity index is 3.14. The topological polar surface area (TPSA) is 62.3 Å². The second-order valence-electron chi connectivity index (χ2n) is 4.16. The van der Waals surface area contributed by atoms with Gasteiger partial charge in [0.2, 0.25) is 10.0 Å². The van der Waals surface area contributed by atoms with Gasteiger partial charge in [-0.25, -0.2) is 13.4 Å². The number of halogens is 1. The van der Waals surface area contributed by atoms with Crippen LogP contribution in [0.4, 0.5) is 5.82 Å². The van der Waals surface area contributed by atoms with Crippen molar-refractivity contribution in [2.24, 2.45) is 0 Å². The second-order valence-corrected chi connectivity index (χ2v) is 6.50. The Bertz CT molecular complexity index is 514. The smallest absolute Gasteiger partial charge is 0.244 e. The average molecular weight is 306 g/mol. The molecule has 0 aliphatic heterocycles. The molecule has 5 nitrogen and oxygen atoms in total. The summed E-state index contributed by atoms with van der Waals surface area (Å²) in [5.74, 6) is 0.471. The van der Waals surface area contributed by atoms with Crippen molar-refractivity contribution in [2.75, 3.05) is 25.5 Å². The largest absolute Gasteiger partial charge is 0.372 e. The highest BCUT2D eigenvalue weighted by Crippen LogP contribution is 2.24. The Hall–Kier alpha value is -0.850. The highest BCUT2D eigenvalue weighted by molar-refractivity contribution is 7.89. The van der Waals surface area contributed by atoms with E-state index in [1.54, 1.807) is 7.05 Å². The van der Waals surface area contributed by atoms with Gasteiger partial charge in [-0.3, -0.25) is 0 Å². The Morgan fingerprint density at radius 2 is 1.89 bits per heavy atom. The number of nitrogens with one attached hydrogen (secondary N) is 1. The summed E-state index contributed by atoms with van der Waals surface area (Å²) in [4.78, 5) is 4.15. The molecule has 0 spiro atoms. The van der Waals surface area contributed by atoms with Crippen molar-refractivity contribution < 1.29 is 8.42 Å². The molecule has 0 saturated heterocycles. The van der Waals surface area contributed by atoms with E-state index in [1.165, 1.54) is 16.6 Å². The molecule has 0 amide bonds. The molecule has 1 aromatic rings. The van der Waals surface area contributed by atoms with E-state index >= 15 is 0 Å². The highest BCUT2D eigenvalue weighted by atomic mass is 35.5. The van der Waals surface area contributed by atoms with E-state index in [9.17, 15) is 8.42 Å². The number of hydrogen-bond acceptors (Lipinski definition) is 4. The molecule has 1 N–H and O–H groups in total. The molecule has 1 heterocycles. The van der Waals surface area contributed by atoms with Crippen LogP contribution in [0.15, 0.2) is 17.2 Å². The summed E-state index contributed by atoms with van der Waals surface area (Å²) in [6.07, 6.45) is 2.88. The summed E-state index contributed by atoms with van der Waals surface area (Å²) >= 11 is 5.99. The third-order valence-electron chi connectivity index (χ3n) is 2.64. The molecule has 0 aliphatic carbocycles. The minimum absolute atomic E-state index is 0.137. The van der Waals surface area contributed by atoms with Crippen LogP contribution in [0, 0.1) is 0 Å². The van der Waals surface area contributed by atoms with E-state index in [1.807, 2.05) is 13.8 Å². The molecule has 0 saturated carbocycles. The SMILES string of the molecule is CCCN(CCC)S(=O)(=O)c1cnc(NC)c(Cl)c1. The molecule has 0 unspecified atom stereocenters. The van der Waals surface area contributed by atoms with Crippen LogP contribution in [0.5, 0.6) is 0 Å². The van der Waals surface area contributed by atoms with Crippen LogP contribution in [0.2, 0.25) is 5.02 Å². The standard InChI is InChI=1S/C12H20ClN3O2S/c1-4-6-16(7-5-2)19(17,18)10-8-11(13)12(14-3)15-9-10/h8-9H,4-7H2,1-3H3,(H,14,15). The van der Waals surface area contributed by atoms with Crippen LogP contribution >= 0.6 is 11.6 Å². The van der Waals surface area contributed by atoms with Gasteiger partial charge in [0.05, 0.1) is 5.02 Å². The molecule has 0 fully saturated rings. The van der Waals surface area contributed by atoms with Crippen LogP contribution < -0.4 is 5.32 Å². The number of hydrogen-bond donors (Lipinski definition) is 1. The number of anilines is 1. The van der Waals surface area contributed by atoms with Crippen LogP contribution in [0.25, 0.3) is 0 Å². The summed E-state index contributed by atoms with van der Waals surface area (Å²) in [6.45, 7) is 4.91. The van der Waals surface area contributed by atoms with Crippen LogP contribution in [0.3, 0.4) is 0 Å². The predicted molar refractivity (Wildman–Crippen MR) is 78.1 cm³/mol. The summed E-state index contributed by atoms with van der Waals surface area (Å²) in [7, 11) is -1.83. The summed E-state index contributed by atoms with van der Waals surface area (Å²) in [5, 5.41) is 3.10. The number of sulfonamides is 1. The summed E-state index contributed by atoms with van der Waals surface area (Å²) in [5.41, 5.74) is 0. The van der Waals surface area contributed by atoms with Crippen molar-refractivity contribution in [3.63, 3.8) is 0 Å². The lowest BCUT2D eigenvalue weighted by molar-refractivity contribution is 0.410. The first kappa shape index (κ1) is 16.2. The van der Waals surface area contributed by atoms with Gasteiger partial charge in [0.1, 0.15) is 10.7 Å². The van der Waals surface area contributed by atoms with E-state index in [4.69, 9.17) is 11.6 Å². The normalized spacial score (nSPS) is 11.8.